The largest absolute Gasteiger partial charge is 0.399 e. The van der Waals surface area contributed by atoms with E-state index in [0.29, 0.717) is 12.4 Å². The standard InChI is InChI=1S/C20H19NOS.C3H8O/c1-14(22)12-23-13-15-2-4-16(5-3-15)17-6-7-19-11-20(21)9-8-18(19)10-17;1-2-3-4/h2-11H,12-13,21H2,1H3;4H,2-3H2,1H3. The molecule has 3 N–H and O–H groups in total. The number of anilines is 1. The van der Waals surface area contributed by atoms with E-state index in [4.69, 9.17) is 10.8 Å². The molecule has 142 valence electrons. The van der Waals surface area contributed by atoms with Gasteiger partial charge in [-0.1, -0.05) is 49.4 Å². The van der Waals surface area contributed by atoms with E-state index in [2.05, 4.69) is 48.5 Å². The first-order valence-electron chi connectivity index (χ1n) is 9.10. The lowest BCUT2D eigenvalue weighted by molar-refractivity contribution is -0.114. The highest BCUT2D eigenvalue weighted by atomic mass is 32.2. The zero-order valence-corrected chi connectivity index (χ0v) is 16.8. The fourth-order valence-corrected chi connectivity index (χ4v) is 3.37. The van der Waals surface area contributed by atoms with E-state index >= 15 is 0 Å². The summed E-state index contributed by atoms with van der Waals surface area (Å²) >= 11 is 1.66. The van der Waals surface area contributed by atoms with Crippen LogP contribution < -0.4 is 5.73 Å². The normalized spacial score (nSPS) is 10.3. The molecule has 0 fully saturated rings. The SMILES string of the molecule is CC(=O)CSCc1ccc(-c2ccc3cc(N)ccc3c2)cc1.CCCO. The van der Waals surface area contributed by atoms with Crippen LogP contribution in [-0.2, 0) is 10.5 Å². The molecule has 0 aliphatic rings. The van der Waals surface area contributed by atoms with Crippen molar-refractivity contribution in [2.24, 2.45) is 0 Å². The van der Waals surface area contributed by atoms with Gasteiger partial charge in [0.05, 0.1) is 5.75 Å². The van der Waals surface area contributed by atoms with Crippen LogP contribution in [0.5, 0.6) is 0 Å². The summed E-state index contributed by atoms with van der Waals surface area (Å²) in [4.78, 5) is 11.0. The first kappa shape index (κ1) is 21.0. The van der Waals surface area contributed by atoms with Crippen LogP contribution in [-0.4, -0.2) is 23.2 Å². The summed E-state index contributed by atoms with van der Waals surface area (Å²) in [5, 5.41) is 10.2. The molecule has 3 rings (SSSR count). The van der Waals surface area contributed by atoms with Gasteiger partial charge < -0.3 is 10.8 Å². The lowest BCUT2D eigenvalue weighted by Gasteiger charge is -2.07. The Morgan fingerprint density at radius 1 is 0.963 bits per heavy atom. The third-order valence-corrected chi connectivity index (χ3v) is 5.10. The number of aliphatic hydroxyl groups excluding tert-OH is 1. The molecule has 0 unspecified atom stereocenters. The van der Waals surface area contributed by atoms with E-state index in [9.17, 15) is 4.79 Å². The van der Waals surface area contributed by atoms with Gasteiger partial charge in [0.1, 0.15) is 5.78 Å². The molecule has 0 aliphatic carbocycles. The summed E-state index contributed by atoms with van der Waals surface area (Å²) in [6, 6.07) is 21.0. The maximum Gasteiger partial charge on any atom is 0.139 e. The zero-order valence-electron chi connectivity index (χ0n) is 15.9. The summed E-state index contributed by atoms with van der Waals surface area (Å²) in [5.41, 5.74) is 10.3. The maximum atomic E-state index is 11.0. The molecule has 0 atom stereocenters. The Morgan fingerprint density at radius 3 is 2.19 bits per heavy atom. The van der Waals surface area contributed by atoms with Crippen LogP contribution in [0.1, 0.15) is 25.8 Å². The van der Waals surface area contributed by atoms with Crippen molar-refractivity contribution in [3.05, 3.63) is 66.2 Å². The fourth-order valence-electron chi connectivity index (χ4n) is 2.55. The predicted octanol–water partition coefficient (Wildman–Crippen LogP) is 5.30. The Morgan fingerprint density at radius 2 is 1.56 bits per heavy atom. The lowest BCUT2D eigenvalue weighted by atomic mass is 10.0. The Kier molecular flexibility index (Phi) is 8.37. The number of nitrogens with two attached hydrogens (primary N) is 1. The summed E-state index contributed by atoms with van der Waals surface area (Å²) in [6.07, 6.45) is 0.875. The van der Waals surface area contributed by atoms with Crippen LogP contribution in [0.2, 0.25) is 0 Å². The van der Waals surface area contributed by atoms with Crippen LogP contribution in [0.3, 0.4) is 0 Å². The van der Waals surface area contributed by atoms with E-state index in [1.54, 1.807) is 18.7 Å². The highest BCUT2D eigenvalue weighted by molar-refractivity contribution is 7.99. The first-order valence-corrected chi connectivity index (χ1v) is 10.3. The predicted molar refractivity (Wildman–Crippen MR) is 118 cm³/mol. The Labute approximate surface area is 165 Å². The van der Waals surface area contributed by atoms with Crippen molar-refractivity contribution in [3.8, 4) is 11.1 Å². The number of benzene rings is 3. The summed E-state index contributed by atoms with van der Waals surface area (Å²) in [7, 11) is 0. The molecule has 3 aromatic carbocycles. The molecule has 0 spiro atoms. The number of aliphatic hydroxyl groups is 1. The summed E-state index contributed by atoms with van der Waals surface area (Å²) in [6.45, 7) is 3.88. The van der Waals surface area contributed by atoms with Crippen LogP contribution in [0, 0.1) is 0 Å². The van der Waals surface area contributed by atoms with Crippen molar-refractivity contribution in [2.45, 2.75) is 26.0 Å². The monoisotopic (exact) mass is 381 g/mol. The molecule has 27 heavy (non-hydrogen) atoms. The molecule has 0 aromatic heterocycles. The molecule has 3 nitrogen and oxygen atoms in total. The third-order valence-electron chi connectivity index (χ3n) is 3.95. The number of ketones is 1. The average Bonchev–Trinajstić information content (AvgIpc) is 2.68. The van der Waals surface area contributed by atoms with Gasteiger partial charge in [-0.05, 0) is 59.0 Å². The van der Waals surface area contributed by atoms with Crippen LogP contribution in [0.15, 0.2) is 60.7 Å². The van der Waals surface area contributed by atoms with E-state index in [1.807, 2.05) is 19.1 Å². The van der Waals surface area contributed by atoms with Gasteiger partial charge in [-0.3, -0.25) is 4.79 Å². The molecule has 0 aliphatic heterocycles. The topological polar surface area (TPSA) is 63.3 Å². The quantitative estimate of drug-likeness (QED) is 0.569. The van der Waals surface area contributed by atoms with Gasteiger partial charge in [0.2, 0.25) is 0 Å². The molecule has 0 saturated carbocycles. The van der Waals surface area contributed by atoms with Crippen LogP contribution >= 0.6 is 11.8 Å². The number of rotatable bonds is 6. The van der Waals surface area contributed by atoms with Gasteiger partial charge >= 0.3 is 0 Å². The molecular weight excluding hydrogens is 354 g/mol. The second-order valence-corrected chi connectivity index (χ2v) is 7.42. The Hall–Kier alpha value is -2.30. The highest BCUT2D eigenvalue weighted by Gasteiger charge is 2.02. The lowest BCUT2D eigenvalue weighted by Crippen LogP contribution is -1.93. The third kappa shape index (κ3) is 6.74. The minimum atomic E-state index is 0.225. The molecule has 0 amide bonds. The summed E-state index contributed by atoms with van der Waals surface area (Å²) < 4.78 is 0. The van der Waals surface area contributed by atoms with Gasteiger partial charge in [-0.25, -0.2) is 0 Å². The molecule has 0 saturated heterocycles. The van der Waals surface area contributed by atoms with Crippen molar-refractivity contribution < 1.29 is 9.90 Å². The van der Waals surface area contributed by atoms with E-state index < -0.39 is 0 Å². The summed E-state index contributed by atoms with van der Waals surface area (Å²) in [5.74, 6) is 1.68. The minimum absolute atomic E-state index is 0.225. The average molecular weight is 382 g/mol. The zero-order chi connectivity index (χ0) is 19.6. The van der Waals surface area contributed by atoms with Crippen molar-refractivity contribution in [1.29, 1.82) is 0 Å². The number of hydrogen-bond acceptors (Lipinski definition) is 4. The number of hydrogen-bond donors (Lipinski definition) is 2. The number of thioether (sulfide) groups is 1. The number of carbonyl (C=O) groups is 1. The minimum Gasteiger partial charge on any atom is -0.399 e. The number of Topliss-reactive ketones (excluding diaryl/α,β-unsaturated/α-hetero) is 1. The fraction of sp³-hybridized carbons (Fsp3) is 0.261. The van der Waals surface area contributed by atoms with E-state index in [-0.39, 0.29) is 5.78 Å². The van der Waals surface area contributed by atoms with Gasteiger partial charge in [0, 0.05) is 18.0 Å². The van der Waals surface area contributed by atoms with E-state index in [1.165, 1.54) is 22.1 Å². The molecule has 0 radical (unpaired) electrons. The Balaban J connectivity index is 0.000000596. The van der Waals surface area contributed by atoms with Gasteiger partial charge in [-0.15, -0.1) is 11.8 Å². The Bertz CT molecular complexity index is 873. The van der Waals surface area contributed by atoms with Crippen molar-refractivity contribution in [3.63, 3.8) is 0 Å². The molecule has 3 aromatic rings. The first-order chi connectivity index (χ1) is 13.0. The molecular formula is C23H27NO2S. The van der Waals surface area contributed by atoms with Crippen LogP contribution in [0.25, 0.3) is 21.9 Å². The number of fused-ring (bicyclic) bond motifs is 1. The van der Waals surface area contributed by atoms with Crippen molar-refractivity contribution in [1.82, 2.24) is 0 Å². The highest BCUT2D eigenvalue weighted by Crippen LogP contribution is 2.26. The van der Waals surface area contributed by atoms with Gasteiger partial charge in [-0.2, -0.15) is 0 Å². The molecule has 4 heteroatoms. The van der Waals surface area contributed by atoms with E-state index in [0.717, 1.165) is 23.2 Å². The number of nitrogen functional groups attached to an aromatic ring is 1. The van der Waals surface area contributed by atoms with Crippen molar-refractivity contribution >= 4 is 34.0 Å². The second kappa shape index (κ2) is 10.8. The smallest absolute Gasteiger partial charge is 0.139 e. The van der Waals surface area contributed by atoms with Crippen LogP contribution in [0.4, 0.5) is 5.69 Å². The van der Waals surface area contributed by atoms with Crippen molar-refractivity contribution in [2.75, 3.05) is 18.1 Å². The maximum absolute atomic E-state index is 11.0. The molecule has 0 heterocycles. The van der Waals surface area contributed by atoms with Gasteiger partial charge in [0.15, 0.2) is 0 Å². The second-order valence-electron chi connectivity index (χ2n) is 6.44. The molecule has 0 bridgehead atoms. The number of carbonyl (C=O) groups excluding carboxylic acids is 1. The van der Waals surface area contributed by atoms with Gasteiger partial charge in [0.25, 0.3) is 0 Å².